The van der Waals surface area contributed by atoms with Gasteiger partial charge in [0.2, 0.25) is 0 Å². The van der Waals surface area contributed by atoms with E-state index in [1.807, 2.05) is 0 Å². The van der Waals surface area contributed by atoms with Crippen LogP contribution in [0.4, 0.5) is 5.82 Å². The van der Waals surface area contributed by atoms with Crippen molar-refractivity contribution in [1.29, 1.82) is 0 Å². The van der Waals surface area contributed by atoms with Gasteiger partial charge in [0.1, 0.15) is 5.82 Å². The number of aromatic carboxylic acids is 1. The molecule has 0 unspecified atom stereocenters. The maximum absolute atomic E-state index is 11.5. The van der Waals surface area contributed by atoms with Crippen molar-refractivity contribution in [3.8, 4) is 0 Å². The Morgan fingerprint density at radius 1 is 1.50 bits per heavy atom. The number of hydrogen-bond acceptors (Lipinski definition) is 5. The number of anilines is 1. The second-order valence-electron chi connectivity index (χ2n) is 3.23. The van der Waals surface area contributed by atoms with Crippen molar-refractivity contribution < 1.29 is 23.1 Å². The fraction of sp³-hybridized carbons (Fsp3) is 0.333. The van der Waals surface area contributed by atoms with Crippen LogP contribution in [0.5, 0.6) is 0 Å². The molecule has 0 amide bonds. The monoisotopic (exact) mass is 275 g/mol. The molecule has 9 heteroatoms. The Kier molecular flexibility index (Phi) is 5.01. The van der Waals surface area contributed by atoms with Crippen molar-refractivity contribution >= 4 is 22.0 Å². The van der Waals surface area contributed by atoms with Crippen molar-refractivity contribution in [1.82, 2.24) is 9.71 Å². The lowest BCUT2D eigenvalue weighted by Crippen LogP contribution is -2.32. The lowest BCUT2D eigenvalue weighted by molar-refractivity contribution is 0.0696. The summed E-state index contributed by atoms with van der Waals surface area (Å²) in [5.41, 5.74) is -0.0229. The molecule has 100 valence electrons. The smallest absolute Gasteiger partial charge is 0.337 e. The number of carboxylic acids is 1. The van der Waals surface area contributed by atoms with E-state index < -0.39 is 16.2 Å². The van der Waals surface area contributed by atoms with Crippen LogP contribution in [0.25, 0.3) is 0 Å². The van der Waals surface area contributed by atoms with Crippen LogP contribution in [-0.2, 0) is 14.9 Å². The summed E-state index contributed by atoms with van der Waals surface area (Å²) in [7, 11) is -2.28. The molecule has 0 atom stereocenters. The third kappa shape index (κ3) is 4.65. The van der Waals surface area contributed by atoms with E-state index in [9.17, 15) is 13.2 Å². The van der Waals surface area contributed by atoms with Crippen molar-refractivity contribution in [2.24, 2.45) is 0 Å². The number of carbonyl (C=O) groups is 1. The van der Waals surface area contributed by atoms with Gasteiger partial charge in [0.25, 0.3) is 10.2 Å². The number of methoxy groups -OCH3 is 1. The summed E-state index contributed by atoms with van der Waals surface area (Å²) in [5.74, 6) is -1.10. The van der Waals surface area contributed by atoms with Gasteiger partial charge in [0.15, 0.2) is 0 Å². The topological polar surface area (TPSA) is 118 Å². The molecule has 0 saturated heterocycles. The molecule has 0 bridgehead atoms. The number of pyridine rings is 1. The second kappa shape index (κ2) is 6.28. The number of ether oxygens (including phenoxy) is 1. The minimum atomic E-state index is -3.73. The first-order valence-corrected chi connectivity index (χ1v) is 6.38. The van der Waals surface area contributed by atoms with Crippen LogP contribution in [0.2, 0.25) is 0 Å². The second-order valence-corrected chi connectivity index (χ2v) is 4.73. The zero-order valence-corrected chi connectivity index (χ0v) is 10.4. The molecule has 1 rings (SSSR count). The minimum absolute atomic E-state index is 0.0229. The van der Waals surface area contributed by atoms with E-state index in [0.717, 1.165) is 6.20 Å². The number of aromatic nitrogens is 1. The van der Waals surface area contributed by atoms with Gasteiger partial charge in [-0.05, 0) is 12.1 Å². The van der Waals surface area contributed by atoms with Crippen molar-refractivity contribution in [3.05, 3.63) is 23.9 Å². The third-order valence-electron chi connectivity index (χ3n) is 1.85. The van der Waals surface area contributed by atoms with Crippen LogP contribution in [-0.4, -0.2) is 44.7 Å². The lowest BCUT2D eigenvalue weighted by atomic mass is 10.3. The summed E-state index contributed by atoms with van der Waals surface area (Å²) >= 11 is 0. The highest BCUT2D eigenvalue weighted by Gasteiger charge is 2.10. The normalized spacial score (nSPS) is 11.2. The van der Waals surface area contributed by atoms with E-state index in [1.54, 1.807) is 0 Å². The molecule has 0 spiro atoms. The van der Waals surface area contributed by atoms with Crippen LogP contribution < -0.4 is 9.44 Å². The zero-order chi connectivity index (χ0) is 13.6. The average molecular weight is 275 g/mol. The summed E-state index contributed by atoms with van der Waals surface area (Å²) in [6, 6.07) is 2.52. The van der Waals surface area contributed by atoms with Gasteiger partial charge >= 0.3 is 5.97 Å². The number of nitrogens with zero attached hydrogens (tertiary/aromatic N) is 1. The maximum atomic E-state index is 11.5. The molecule has 1 aromatic rings. The van der Waals surface area contributed by atoms with Gasteiger partial charge in [-0.1, -0.05) is 0 Å². The molecule has 3 N–H and O–H groups in total. The van der Waals surface area contributed by atoms with Gasteiger partial charge in [-0.3, -0.25) is 4.72 Å². The first kappa shape index (κ1) is 14.4. The first-order valence-electron chi connectivity index (χ1n) is 4.90. The Morgan fingerprint density at radius 3 is 2.72 bits per heavy atom. The van der Waals surface area contributed by atoms with Crippen LogP contribution in [0.15, 0.2) is 18.3 Å². The van der Waals surface area contributed by atoms with E-state index in [2.05, 4.69) is 14.4 Å². The fourth-order valence-corrected chi connectivity index (χ4v) is 1.85. The molecule has 0 aliphatic rings. The Bertz CT molecular complexity index is 499. The summed E-state index contributed by atoms with van der Waals surface area (Å²) in [4.78, 5) is 14.2. The minimum Gasteiger partial charge on any atom is -0.478 e. The molecular formula is C9H13N3O5S. The van der Waals surface area contributed by atoms with Gasteiger partial charge in [-0.15, -0.1) is 0 Å². The Labute approximate surface area is 104 Å². The zero-order valence-electron chi connectivity index (χ0n) is 9.58. The highest BCUT2D eigenvalue weighted by Crippen LogP contribution is 2.06. The molecule has 0 aromatic carbocycles. The van der Waals surface area contributed by atoms with E-state index in [0.29, 0.717) is 0 Å². The van der Waals surface area contributed by atoms with Crippen LogP contribution >= 0.6 is 0 Å². The average Bonchev–Trinajstić information content (AvgIpc) is 2.29. The molecule has 0 aliphatic carbocycles. The number of nitrogens with one attached hydrogen (secondary N) is 2. The van der Waals surface area contributed by atoms with Gasteiger partial charge in [-0.2, -0.15) is 13.1 Å². The Hall–Kier alpha value is -1.71. The predicted octanol–water partition coefficient (Wildman–Crippen LogP) is -0.327. The van der Waals surface area contributed by atoms with E-state index >= 15 is 0 Å². The number of hydrogen-bond donors (Lipinski definition) is 3. The molecule has 0 radical (unpaired) electrons. The lowest BCUT2D eigenvalue weighted by Gasteiger charge is -2.08. The summed E-state index contributed by atoms with van der Waals surface area (Å²) in [5, 5.41) is 8.65. The highest BCUT2D eigenvalue weighted by atomic mass is 32.2. The molecule has 1 aromatic heterocycles. The van der Waals surface area contributed by atoms with E-state index in [-0.39, 0.29) is 24.5 Å². The predicted molar refractivity (Wildman–Crippen MR) is 63.6 cm³/mol. The van der Waals surface area contributed by atoms with Gasteiger partial charge in [0.05, 0.1) is 12.2 Å². The SMILES string of the molecule is COCCNS(=O)(=O)Nc1ccc(C(=O)O)cn1. The van der Waals surface area contributed by atoms with E-state index in [4.69, 9.17) is 9.84 Å². The molecule has 0 saturated carbocycles. The van der Waals surface area contributed by atoms with Crippen LogP contribution in [0.3, 0.4) is 0 Å². The molecule has 1 heterocycles. The third-order valence-corrected chi connectivity index (χ3v) is 2.91. The van der Waals surface area contributed by atoms with E-state index in [1.165, 1.54) is 19.2 Å². The van der Waals surface area contributed by atoms with Crippen molar-refractivity contribution in [3.63, 3.8) is 0 Å². The van der Waals surface area contributed by atoms with Crippen LogP contribution in [0.1, 0.15) is 10.4 Å². The quantitative estimate of drug-likeness (QED) is 0.587. The van der Waals surface area contributed by atoms with Gasteiger partial charge < -0.3 is 9.84 Å². The molecular weight excluding hydrogens is 262 g/mol. The fourth-order valence-electron chi connectivity index (χ4n) is 1.03. The van der Waals surface area contributed by atoms with Crippen molar-refractivity contribution in [2.45, 2.75) is 0 Å². The number of rotatable bonds is 7. The van der Waals surface area contributed by atoms with Gasteiger partial charge in [-0.25, -0.2) is 9.78 Å². The standard InChI is InChI=1S/C9H13N3O5S/c1-17-5-4-11-18(15,16)12-8-3-2-7(6-10-8)9(13)14/h2-3,6,11H,4-5H2,1H3,(H,10,12)(H,13,14). The maximum Gasteiger partial charge on any atom is 0.337 e. The largest absolute Gasteiger partial charge is 0.478 e. The summed E-state index contributed by atoms with van der Waals surface area (Å²) in [6.45, 7) is 0.366. The van der Waals surface area contributed by atoms with Crippen molar-refractivity contribution in [2.75, 3.05) is 25.0 Å². The van der Waals surface area contributed by atoms with Crippen LogP contribution in [0, 0.1) is 0 Å². The molecule has 0 fully saturated rings. The highest BCUT2D eigenvalue weighted by molar-refractivity contribution is 7.90. The van der Waals surface area contributed by atoms with Gasteiger partial charge in [0, 0.05) is 19.9 Å². The number of carboxylic acid groups (broad SMARTS) is 1. The Morgan fingerprint density at radius 2 is 2.22 bits per heavy atom. The molecule has 18 heavy (non-hydrogen) atoms. The molecule has 8 nitrogen and oxygen atoms in total. The first-order chi connectivity index (χ1) is 8.44. The summed E-state index contributed by atoms with van der Waals surface area (Å²) in [6.07, 6.45) is 1.06. The Balaban J connectivity index is 2.63. The molecule has 0 aliphatic heterocycles. The summed E-state index contributed by atoms with van der Waals surface area (Å²) < 4.78 is 32.0.